The number of imide groups is 1. The fourth-order valence-corrected chi connectivity index (χ4v) is 4.31. The highest BCUT2D eigenvalue weighted by molar-refractivity contribution is 6.35. The summed E-state index contributed by atoms with van der Waals surface area (Å²) in [5.41, 5.74) is 0.487. The summed E-state index contributed by atoms with van der Waals surface area (Å²) < 4.78 is 39.3. The molecule has 0 aromatic heterocycles. The first-order valence-corrected chi connectivity index (χ1v) is 10.5. The lowest BCUT2D eigenvalue weighted by Gasteiger charge is -2.34. The summed E-state index contributed by atoms with van der Waals surface area (Å²) in [6.07, 6.45) is -2.91. The number of likely N-dealkylation sites (tertiary alicyclic amines) is 1. The molecule has 1 unspecified atom stereocenters. The summed E-state index contributed by atoms with van der Waals surface area (Å²) in [6, 6.07) is 13.5. The van der Waals surface area contributed by atoms with E-state index < -0.39 is 23.6 Å². The first-order valence-electron chi connectivity index (χ1n) is 10.5. The predicted octanol–water partition coefficient (Wildman–Crippen LogP) is 3.69. The normalized spacial score (nSPS) is 19.8. The highest BCUT2D eigenvalue weighted by Crippen LogP contribution is 2.35. The predicted molar refractivity (Wildman–Crippen MR) is 112 cm³/mol. The van der Waals surface area contributed by atoms with E-state index in [0.717, 1.165) is 29.9 Å². The van der Waals surface area contributed by atoms with Crippen LogP contribution >= 0.6 is 0 Å². The molecule has 1 fully saturated rings. The van der Waals surface area contributed by atoms with Gasteiger partial charge in [-0.3, -0.25) is 14.5 Å². The molecule has 1 atom stereocenters. The van der Waals surface area contributed by atoms with E-state index in [1.54, 1.807) is 30.3 Å². The maximum Gasteiger partial charge on any atom is 0.416 e. The van der Waals surface area contributed by atoms with Crippen molar-refractivity contribution in [1.29, 1.82) is 0 Å². The third-order valence-corrected chi connectivity index (χ3v) is 5.89. The minimum Gasteiger partial charge on any atom is -0.396 e. The molecular formula is C24H23F3N2O3. The molecule has 2 aromatic carbocycles. The molecule has 0 aliphatic carbocycles. The second-order valence-corrected chi connectivity index (χ2v) is 8.12. The molecule has 0 saturated carbocycles. The average molecular weight is 444 g/mol. The second-order valence-electron chi connectivity index (χ2n) is 8.12. The van der Waals surface area contributed by atoms with Crippen LogP contribution in [-0.2, 0) is 22.3 Å². The zero-order chi connectivity index (χ0) is 22.9. The van der Waals surface area contributed by atoms with Crippen LogP contribution in [-0.4, -0.2) is 46.4 Å². The van der Waals surface area contributed by atoms with Crippen LogP contribution in [0, 0.1) is 5.92 Å². The van der Waals surface area contributed by atoms with Gasteiger partial charge in [-0.05, 0) is 42.0 Å². The average Bonchev–Trinajstić information content (AvgIpc) is 3.04. The van der Waals surface area contributed by atoms with Crippen molar-refractivity contribution in [2.75, 3.05) is 19.7 Å². The molecule has 2 aliphatic heterocycles. The number of hydrogen-bond acceptors (Lipinski definition) is 4. The second kappa shape index (κ2) is 8.78. The van der Waals surface area contributed by atoms with Crippen LogP contribution in [0.15, 0.2) is 60.3 Å². The Hall–Kier alpha value is -3.13. The summed E-state index contributed by atoms with van der Waals surface area (Å²) in [5.74, 6) is -1.06. The highest BCUT2D eigenvalue weighted by Gasteiger charge is 2.42. The van der Waals surface area contributed by atoms with E-state index in [4.69, 9.17) is 0 Å². The first kappa shape index (κ1) is 22.1. The van der Waals surface area contributed by atoms with Crippen molar-refractivity contribution in [3.8, 4) is 0 Å². The Morgan fingerprint density at radius 2 is 1.75 bits per heavy atom. The number of aliphatic hydroxyl groups is 1. The maximum atomic E-state index is 13.4. The number of aliphatic hydroxyl groups excluding tert-OH is 1. The largest absolute Gasteiger partial charge is 0.416 e. The molecule has 2 aliphatic rings. The molecule has 2 heterocycles. The van der Waals surface area contributed by atoms with Crippen LogP contribution in [0.1, 0.15) is 29.5 Å². The van der Waals surface area contributed by atoms with Gasteiger partial charge in [0, 0.05) is 19.7 Å². The molecule has 168 valence electrons. The van der Waals surface area contributed by atoms with E-state index in [1.165, 1.54) is 12.1 Å². The van der Waals surface area contributed by atoms with Crippen molar-refractivity contribution in [3.05, 3.63) is 77.0 Å². The Morgan fingerprint density at radius 3 is 2.44 bits per heavy atom. The number of nitrogens with zero attached hydrogens (tertiary/aromatic N) is 2. The number of alkyl halides is 3. The monoisotopic (exact) mass is 444 g/mol. The molecule has 1 N–H and O–H groups in total. The van der Waals surface area contributed by atoms with Crippen molar-refractivity contribution >= 4 is 17.4 Å². The van der Waals surface area contributed by atoms with E-state index in [-0.39, 0.29) is 35.9 Å². The Balaban J connectivity index is 1.70. The number of rotatable bonds is 5. The van der Waals surface area contributed by atoms with E-state index in [2.05, 4.69) is 0 Å². The standard InChI is InChI=1S/C24H23F3N2O3/c25-24(26,27)19-10-4-6-16(12-19)14-29-22(31)20(18-8-2-1-3-9-18)21(23(29)32)28-11-5-7-17(13-28)15-30/h1-4,6,8-10,12,17,30H,5,7,11,13-15H2. The summed E-state index contributed by atoms with van der Waals surface area (Å²) in [4.78, 5) is 29.6. The van der Waals surface area contributed by atoms with Gasteiger partial charge in [-0.25, -0.2) is 0 Å². The number of piperidine rings is 1. The number of carbonyl (C=O) groups excluding carboxylic acids is 2. The molecule has 5 nitrogen and oxygen atoms in total. The minimum absolute atomic E-state index is 0.00584. The smallest absolute Gasteiger partial charge is 0.396 e. The molecule has 0 bridgehead atoms. The van der Waals surface area contributed by atoms with E-state index in [9.17, 15) is 27.9 Å². The van der Waals surface area contributed by atoms with Gasteiger partial charge in [0.1, 0.15) is 5.70 Å². The third kappa shape index (κ3) is 4.27. The molecular weight excluding hydrogens is 421 g/mol. The molecule has 2 amide bonds. The first-order chi connectivity index (χ1) is 15.3. The highest BCUT2D eigenvalue weighted by atomic mass is 19.4. The molecule has 8 heteroatoms. The maximum absolute atomic E-state index is 13.4. The van der Waals surface area contributed by atoms with E-state index in [1.807, 2.05) is 4.90 Å². The van der Waals surface area contributed by atoms with Gasteiger partial charge < -0.3 is 10.0 Å². The van der Waals surface area contributed by atoms with Gasteiger partial charge in [0.25, 0.3) is 11.8 Å². The van der Waals surface area contributed by atoms with Crippen LogP contribution < -0.4 is 0 Å². The molecule has 0 spiro atoms. The number of halogens is 3. The van der Waals surface area contributed by atoms with Gasteiger partial charge in [0.2, 0.25) is 0 Å². The lowest BCUT2D eigenvalue weighted by atomic mass is 9.97. The minimum atomic E-state index is -4.51. The number of carbonyl (C=O) groups is 2. The van der Waals surface area contributed by atoms with Crippen molar-refractivity contribution in [1.82, 2.24) is 9.80 Å². The number of hydrogen-bond donors (Lipinski definition) is 1. The summed E-state index contributed by atoms with van der Waals surface area (Å²) in [6.45, 7) is 0.746. The molecule has 4 rings (SSSR count). The van der Waals surface area contributed by atoms with Crippen LogP contribution in [0.4, 0.5) is 13.2 Å². The fraction of sp³-hybridized carbons (Fsp3) is 0.333. The lowest BCUT2D eigenvalue weighted by Crippen LogP contribution is -2.40. The van der Waals surface area contributed by atoms with Crippen molar-refractivity contribution < 1.29 is 27.9 Å². The van der Waals surface area contributed by atoms with Crippen LogP contribution in [0.5, 0.6) is 0 Å². The van der Waals surface area contributed by atoms with Gasteiger partial charge in [-0.2, -0.15) is 13.2 Å². The van der Waals surface area contributed by atoms with Gasteiger partial charge in [0.05, 0.1) is 17.7 Å². The lowest BCUT2D eigenvalue weighted by molar-refractivity contribution is -0.138. The van der Waals surface area contributed by atoms with Crippen LogP contribution in [0.25, 0.3) is 5.57 Å². The van der Waals surface area contributed by atoms with Gasteiger partial charge >= 0.3 is 6.18 Å². The Bertz CT molecular complexity index is 1050. The van der Waals surface area contributed by atoms with Crippen molar-refractivity contribution in [2.24, 2.45) is 5.92 Å². The fourth-order valence-electron chi connectivity index (χ4n) is 4.31. The Labute approximate surface area is 183 Å². The molecule has 0 radical (unpaired) electrons. The summed E-state index contributed by atoms with van der Waals surface area (Å²) in [7, 11) is 0. The van der Waals surface area contributed by atoms with Gasteiger partial charge in [-0.15, -0.1) is 0 Å². The Kier molecular flexibility index (Phi) is 6.06. The van der Waals surface area contributed by atoms with E-state index in [0.29, 0.717) is 18.7 Å². The quantitative estimate of drug-likeness (QED) is 0.715. The third-order valence-electron chi connectivity index (χ3n) is 5.89. The topological polar surface area (TPSA) is 60.9 Å². The zero-order valence-corrected chi connectivity index (χ0v) is 17.3. The SMILES string of the molecule is O=C1C(c2ccccc2)=C(N2CCCC(CO)C2)C(=O)N1Cc1cccc(C(F)(F)F)c1. The molecule has 1 saturated heterocycles. The number of amides is 2. The van der Waals surface area contributed by atoms with Gasteiger partial charge in [0.15, 0.2) is 0 Å². The zero-order valence-electron chi connectivity index (χ0n) is 17.3. The van der Waals surface area contributed by atoms with Crippen LogP contribution in [0.3, 0.4) is 0 Å². The summed E-state index contributed by atoms with van der Waals surface area (Å²) in [5, 5.41) is 9.59. The molecule has 32 heavy (non-hydrogen) atoms. The number of benzene rings is 2. The molecule has 2 aromatic rings. The van der Waals surface area contributed by atoms with Crippen molar-refractivity contribution in [2.45, 2.75) is 25.6 Å². The van der Waals surface area contributed by atoms with Crippen LogP contribution in [0.2, 0.25) is 0 Å². The van der Waals surface area contributed by atoms with E-state index >= 15 is 0 Å². The van der Waals surface area contributed by atoms with Gasteiger partial charge in [-0.1, -0.05) is 42.5 Å². The summed E-state index contributed by atoms with van der Waals surface area (Å²) >= 11 is 0. The Morgan fingerprint density at radius 1 is 1.00 bits per heavy atom. The van der Waals surface area contributed by atoms with Crippen molar-refractivity contribution in [3.63, 3.8) is 0 Å².